The van der Waals surface area contributed by atoms with Crippen molar-refractivity contribution >= 4 is 17.5 Å². The van der Waals surface area contributed by atoms with Gasteiger partial charge in [-0.25, -0.2) is 4.79 Å². The molecule has 0 aliphatic carbocycles. The van der Waals surface area contributed by atoms with Crippen molar-refractivity contribution in [2.75, 3.05) is 7.11 Å². The van der Waals surface area contributed by atoms with Crippen LogP contribution in [0, 0.1) is 6.92 Å². The zero-order valence-corrected chi connectivity index (χ0v) is 10.0. The molecule has 1 atom stereocenters. The van der Waals surface area contributed by atoms with Crippen molar-refractivity contribution < 1.29 is 19.1 Å². The monoisotopic (exact) mass is 254 g/mol. The van der Waals surface area contributed by atoms with E-state index < -0.39 is 12.1 Å². The van der Waals surface area contributed by atoms with E-state index in [1.54, 1.807) is 6.92 Å². The number of methoxy groups -OCH3 is 1. The molecule has 0 radical (unpaired) electrons. The average molecular weight is 254 g/mol. The van der Waals surface area contributed by atoms with Crippen molar-refractivity contribution in [2.45, 2.75) is 13.0 Å². The number of carbonyl (C=O) groups is 1. The predicted molar refractivity (Wildman–Crippen MR) is 58.8 cm³/mol. The molecule has 0 saturated carbocycles. The van der Waals surface area contributed by atoms with Crippen LogP contribution < -0.4 is 0 Å². The van der Waals surface area contributed by atoms with Gasteiger partial charge in [0, 0.05) is 0 Å². The van der Waals surface area contributed by atoms with E-state index in [1.807, 2.05) is 0 Å². The van der Waals surface area contributed by atoms with E-state index in [1.165, 1.54) is 19.2 Å². The van der Waals surface area contributed by atoms with Gasteiger partial charge in [-0.3, -0.25) is 0 Å². The molecule has 0 aromatic carbocycles. The highest BCUT2D eigenvalue weighted by Crippen LogP contribution is 2.27. The van der Waals surface area contributed by atoms with E-state index >= 15 is 0 Å². The molecule has 2 aromatic heterocycles. The summed E-state index contributed by atoms with van der Waals surface area (Å²) in [7, 11) is 1.26. The van der Waals surface area contributed by atoms with Crippen molar-refractivity contribution in [2.24, 2.45) is 0 Å². The first-order valence-corrected chi connectivity index (χ1v) is 5.55. The van der Waals surface area contributed by atoms with E-state index in [2.05, 4.69) is 14.3 Å². The third-order valence-electron chi connectivity index (χ3n) is 2.22. The summed E-state index contributed by atoms with van der Waals surface area (Å²) in [6.07, 6.45) is -0.964. The molecule has 2 heterocycles. The lowest BCUT2D eigenvalue weighted by Crippen LogP contribution is -2.00. The number of rotatable bonds is 3. The maximum atomic E-state index is 11.2. The fraction of sp³-hybridized carbons (Fsp3) is 0.300. The standard InChI is InChI=1S/C10H10N2O4S/c1-5-9(17-12-11-5)8(13)6-3-4-7(16-6)10(14)15-2/h3-4,8,13H,1-2H3. The molecule has 0 aliphatic rings. The van der Waals surface area contributed by atoms with Gasteiger partial charge in [-0.05, 0) is 30.6 Å². The number of furan rings is 1. The second kappa shape index (κ2) is 4.64. The minimum Gasteiger partial charge on any atom is -0.463 e. The van der Waals surface area contributed by atoms with Crippen LogP contribution in [0.4, 0.5) is 0 Å². The largest absolute Gasteiger partial charge is 0.463 e. The van der Waals surface area contributed by atoms with E-state index in [0.717, 1.165) is 11.5 Å². The van der Waals surface area contributed by atoms with Crippen LogP contribution in [0.5, 0.6) is 0 Å². The van der Waals surface area contributed by atoms with Crippen LogP contribution in [0.25, 0.3) is 0 Å². The van der Waals surface area contributed by atoms with Crippen molar-refractivity contribution in [3.63, 3.8) is 0 Å². The lowest BCUT2D eigenvalue weighted by molar-refractivity contribution is 0.0558. The molecule has 0 fully saturated rings. The molecule has 6 nitrogen and oxygen atoms in total. The Bertz CT molecular complexity index is 534. The van der Waals surface area contributed by atoms with Crippen molar-refractivity contribution in [1.29, 1.82) is 0 Å². The predicted octanol–water partition coefficient (Wildman–Crippen LogP) is 1.31. The number of hydrogen-bond acceptors (Lipinski definition) is 7. The number of nitrogens with zero attached hydrogens (tertiary/aromatic N) is 2. The first-order valence-electron chi connectivity index (χ1n) is 4.78. The lowest BCUT2D eigenvalue weighted by atomic mass is 10.2. The Labute approximate surface area is 101 Å². The fourth-order valence-electron chi connectivity index (χ4n) is 1.33. The molecule has 0 saturated heterocycles. The van der Waals surface area contributed by atoms with Crippen LogP contribution in [0.15, 0.2) is 16.5 Å². The number of aromatic nitrogens is 2. The summed E-state index contributed by atoms with van der Waals surface area (Å²) in [6.45, 7) is 1.74. The third-order valence-corrected chi connectivity index (χ3v) is 3.10. The van der Waals surface area contributed by atoms with Gasteiger partial charge in [0.15, 0.2) is 0 Å². The SMILES string of the molecule is COC(=O)c1ccc(C(O)c2snnc2C)o1. The minimum atomic E-state index is -0.964. The van der Waals surface area contributed by atoms with Gasteiger partial charge in [0.2, 0.25) is 5.76 Å². The van der Waals surface area contributed by atoms with Gasteiger partial charge in [0.05, 0.1) is 17.7 Å². The van der Waals surface area contributed by atoms with Gasteiger partial charge in [-0.2, -0.15) is 0 Å². The molecule has 17 heavy (non-hydrogen) atoms. The molecule has 0 amide bonds. The Hall–Kier alpha value is -1.73. The molecule has 7 heteroatoms. The fourth-order valence-corrected chi connectivity index (χ4v) is 1.97. The third kappa shape index (κ3) is 2.20. The van der Waals surface area contributed by atoms with Crippen LogP contribution in [-0.2, 0) is 4.74 Å². The molecule has 2 aromatic rings. The van der Waals surface area contributed by atoms with Gasteiger partial charge in [-0.15, -0.1) is 5.10 Å². The normalized spacial score (nSPS) is 12.4. The topological polar surface area (TPSA) is 85.5 Å². The molecule has 0 bridgehead atoms. The van der Waals surface area contributed by atoms with Crippen molar-refractivity contribution in [1.82, 2.24) is 9.59 Å². The second-order valence-electron chi connectivity index (χ2n) is 3.32. The van der Waals surface area contributed by atoms with Crippen LogP contribution >= 0.6 is 11.5 Å². The van der Waals surface area contributed by atoms with Crippen LogP contribution in [0.2, 0.25) is 0 Å². The number of aliphatic hydroxyl groups is 1. The first-order chi connectivity index (χ1) is 8.13. The van der Waals surface area contributed by atoms with Crippen LogP contribution in [0.3, 0.4) is 0 Å². The van der Waals surface area contributed by atoms with Gasteiger partial charge >= 0.3 is 5.97 Å². The maximum Gasteiger partial charge on any atom is 0.373 e. The molecule has 0 spiro atoms. The molecular weight excluding hydrogens is 244 g/mol. The van der Waals surface area contributed by atoms with E-state index in [-0.39, 0.29) is 11.5 Å². The Morgan fingerprint density at radius 2 is 2.35 bits per heavy atom. The van der Waals surface area contributed by atoms with Crippen LogP contribution in [0.1, 0.15) is 33.0 Å². The molecule has 1 unspecified atom stereocenters. The summed E-state index contributed by atoms with van der Waals surface area (Å²) in [4.78, 5) is 11.8. The Morgan fingerprint density at radius 3 is 2.94 bits per heavy atom. The number of esters is 1. The van der Waals surface area contributed by atoms with Crippen molar-refractivity contribution in [3.8, 4) is 0 Å². The second-order valence-corrected chi connectivity index (χ2v) is 4.10. The summed E-state index contributed by atoms with van der Waals surface area (Å²) in [5.74, 6) is -0.265. The number of aliphatic hydroxyl groups excluding tert-OH is 1. The van der Waals surface area contributed by atoms with Gasteiger partial charge in [0.25, 0.3) is 0 Å². The molecule has 90 valence electrons. The Balaban J connectivity index is 2.26. The van der Waals surface area contributed by atoms with Crippen LogP contribution in [-0.4, -0.2) is 27.8 Å². The molecule has 2 rings (SSSR count). The molecule has 1 N–H and O–H groups in total. The summed E-state index contributed by atoms with van der Waals surface area (Å²) in [5, 5.41) is 13.8. The minimum absolute atomic E-state index is 0.0525. The van der Waals surface area contributed by atoms with Gasteiger partial charge < -0.3 is 14.3 Å². The quantitative estimate of drug-likeness (QED) is 0.831. The maximum absolute atomic E-state index is 11.2. The number of ether oxygens (including phenoxy) is 1. The van der Waals surface area contributed by atoms with E-state index in [9.17, 15) is 9.90 Å². The number of carbonyl (C=O) groups excluding carboxylic acids is 1. The highest BCUT2D eigenvalue weighted by molar-refractivity contribution is 7.05. The van der Waals surface area contributed by atoms with Gasteiger partial charge in [-0.1, -0.05) is 4.49 Å². The van der Waals surface area contributed by atoms with Crippen molar-refractivity contribution in [3.05, 3.63) is 34.2 Å². The average Bonchev–Trinajstić information content (AvgIpc) is 2.95. The number of hydrogen-bond donors (Lipinski definition) is 1. The van der Waals surface area contributed by atoms with E-state index in [4.69, 9.17) is 4.42 Å². The molecule has 0 aliphatic heterocycles. The van der Waals surface area contributed by atoms with Gasteiger partial charge in [0.1, 0.15) is 11.9 Å². The lowest BCUT2D eigenvalue weighted by Gasteiger charge is -2.04. The zero-order chi connectivity index (χ0) is 12.4. The van der Waals surface area contributed by atoms with E-state index in [0.29, 0.717) is 10.6 Å². The summed E-state index contributed by atoms with van der Waals surface area (Å²) < 4.78 is 13.4. The first kappa shape index (κ1) is 11.7. The molecular formula is C10H10N2O4S. The number of aryl methyl sites for hydroxylation is 1. The Kier molecular flexibility index (Phi) is 3.21. The summed E-state index contributed by atoms with van der Waals surface area (Å²) >= 11 is 1.09. The Morgan fingerprint density at radius 1 is 1.59 bits per heavy atom. The highest BCUT2D eigenvalue weighted by Gasteiger charge is 2.21. The zero-order valence-electron chi connectivity index (χ0n) is 9.21. The smallest absolute Gasteiger partial charge is 0.373 e. The summed E-state index contributed by atoms with van der Waals surface area (Å²) in [5.41, 5.74) is 0.638. The summed E-state index contributed by atoms with van der Waals surface area (Å²) in [6, 6.07) is 2.98. The highest BCUT2D eigenvalue weighted by atomic mass is 32.1.